The van der Waals surface area contributed by atoms with E-state index in [2.05, 4.69) is 213 Å². The van der Waals surface area contributed by atoms with E-state index in [1.165, 1.54) is 38.9 Å². The normalized spacial score (nSPS) is 20.2. The maximum atomic E-state index is 6.74. The summed E-state index contributed by atoms with van der Waals surface area (Å²) < 4.78 is 33.1. The van der Waals surface area contributed by atoms with E-state index >= 15 is 0 Å². The molecule has 7 heteroatoms. The highest BCUT2D eigenvalue weighted by atomic mass is 31.2. The molecule has 0 bridgehead atoms. The smallest absolute Gasteiger partial charge is 0.397 e. The molecule has 2 heterocycles. The van der Waals surface area contributed by atoms with Gasteiger partial charge in [-0.25, -0.2) is 0 Å². The van der Waals surface area contributed by atoms with Crippen molar-refractivity contribution in [2.45, 2.75) is 77.0 Å². The molecule has 0 amide bonds. The fourth-order valence-corrected chi connectivity index (χ4v) is 11.6. The first-order chi connectivity index (χ1) is 28.7. The summed E-state index contributed by atoms with van der Waals surface area (Å²) in [4.78, 5) is 0. The minimum Gasteiger partial charge on any atom is -0.426 e. The predicted octanol–water partition coefficient (Wildman–Crippen LogP) is 13.3. The molecule has 0 atom stereocenters. The molecule has 5 nitrogen and oxygen atoms in total. The average Bonchev–Trinajstić information content (AvgIpc) is 3.28. The third kappa shape index (κ3) is 8.38. The molecule has 2 fully saturated rings. The van der Waals surface area contributed by atoms with Crippen molar-refractivity contribution in [2.24, 2.45) is 5.41 Å². The molecular formula is C53H58O5P2. The van der Waals surface area contributed by atoms with E-state index in [9.17, 15) is 0 Å². The van der Waals surface area contributed by atoms with Gasteiger partial charge in [-0.15, -0.1) is 0 Å². The zero-order valence-corrected chi connectivity index (χ0v) is 38.1. The molecule has 0 N–H and O–H groups in total. The Kier molecular flexibility index (Phi) is 12.0. The zero-order chi connectivity index (χ0) is 42.2. The first-order valence-electron chi connectivity index (χ1n) is 21.0. The molecule has 0 saturated carbocycles. The Hall–Kier alpha value is -4.18. The number of hydrogen-bond acceptors (Lipinski definition) is 5. The van der Waals surface area contributed by atoms with Crippen molar-refractivity contribution in [1.82, 2.24) is 0 Å². The highest BCUT2D eigenvalue weighted by Gasteiger charge is 2.46. The quantitative estimate of drug-likeness (QED) is 0.122. The van der Waals surface area contributed by atoms with Gasteiger partial charge in [-0.2, -0.15) is 0 Å². The van der Waals surface area contributed by atoms with E-state index < -0.39 is 22.4 Å². The second-order valence-electron chi connectivity index (χ2n) is 18.6. The van der Waals surface area contributed by atoms with Gasteiger partial charge in [0.1, 0.15) is 5.75 Å². The lowest BCUT2D eigenvalue weighted by atomic mass is 9.73. The van der Waals surface area contributed by atoms with Crippen molar-refractivity contribution < 1.29 is 22.6 Å². The lowest BCUT2D eigenvalue weighted by Crippen LogP contribution is -2.46. The van der Waals surface area contributed by atoms with Crippen LogP contribution in [0.1, 0.15) is 99.9 Å². The molecule has 0 radical (unpaired) electrons. The summed E-state index contributed by atoms with van der Waals surface area (Å²) >= 11 is 0. The third-order valence-corrected chi connectivity index (χ3v) is 15.6. The van der Waals surface area contributed by atoms with Crippen molar-refractivity contribution in [2.75, 3.05) is 26.4 Å². The molecule has 1 spiro atoms. The Morgan fingerprint density at radius 1 is 0.400 bits per heavy atom. The molecule has 60 heavy (non-hydrogen) atoms. The van der Waals surface area contributed by atoms with Gasteiger partial charge in [-0.05, 0) is 51.1 Å². The van der Waals surface area contributed by atoms with Crippen molar-refractivity contribution >= 4 is 22.3 Å². The Labute approximate surface area is 360 Å². The minimum absolute atomic E-state index is 0.192. The summed E-state index contributed by atoms with van der Waals surface area (Å²) in [7, 11) is -3.01. The average molecular weight is 837 g/mol. The Bertz CT molecular complexity index is 2360. The molecule has 0 aliphatic carbocycles. The standard InChI is InChI=1S/C53H58O5P2/c1-49(2,39-21-13-9-14-22-39)43-29-31-47(45(33-43)51(5,6)41-25-17-11-18-26-41)58-60-56-37-53(38-57-60)35-54-59(55-36-53)48-32-30-44(50(3,4)40-23-15-10-16-24-40)34-46(48)52(7,8)42-27-19-12-20-28-42/h9-34H,35-38H2,1-8H3. The van der Waals surface area contributed by atoms with E-state index in [0.717, 1.165) is 16.6 Å². The molecule has 8 rings (SSSR count). The van der Waals surface area contributed by atoms with Crippen LogP contribution < -0.4 is 9.83 Å². The molecule has 0 unspecified atom stereocenters. The van der Waals surface area contributed by atoms with Crippen LogP contribution >= 0.6 is 17.0 Å². The van der Waals surface area contributed by atoms with E-state index in [0.29, 0.717) is 26.4 Å². The van der Waals surface area contributed by atoms with Crippen LogP contribution in [0.3, 0.4) is 0 Å². The van der Waals surface area contributed by atoms with Crippen LogP contribution in [0.2, 0.25) is 0 Å². The van der Waals surface area contributed by atoms with Crippen LogP contribution in [0, 0.1) is 5.41 Å². The van der Waals surface area contributed by atoms with Crippen LogP contribution in [0.5, 0.6) is 5.75 Å². The number of hydrogen-bond donors (Lipinski definition) is 0. The Morgan fingerprint density at radius 2 is 0.767 bits per heavy atom. The van der Waals surface area contributed by atoms with Gasteiger partial charge in [0.05, 0.1) is 31.8 Å². The van der Waals surface area contributed by atoms with Crippen LogP contribution in [-0.2, 0) is 39.8 Å². The van der Waals surface area contributed by atoms with Gasteiger partial charge in [0.15, 0.2) is 0 Å². The van der Waals surface area contributed by atoms with Gasteiger partial charge < -0.3 is 22.6 Å². The second-order valence-corrected chi connectivity index (χ2v) is 21.2. The van der Waals surface area contributed by atoms with Crippen molar-refractivity contribution in [1.29, 1.82) is 0 Å². The summed E-state index contributed by atoms with van der Waals surface area (Å²) in [5.41, 5.74) is 8.30. The summed E-state index contributed by atoms with van der Waals surface area (Å²) in [5.74, 6) is 0.769. The summed E-state index contributed by atoms with van der Waals surface area (Å²) in [6.07, 6.45) is 0. The van der Waals surface area contributed by atoms with Gasteiger partial charge in [-0.1, -0.05) is 201 Å². The fourth-order valence-electron chi connectivity index (χ4n) is 8.50. The highest BCUT2D eigenvalue weighted by molar-refractivity contribution is 7.56. The van der Waals surface area contributed by atoms with Crippen molar-refractivity contribution in [3.05, 3.63) is 202 Å². The largest absolute Gasteiger partial charge is 0.426 e. The minimum atomic E-state index is -1.65. The van der Waals surface area contributed by atoms with E-state index in [1.807, 2.05) is 0 Å². The predicted molar refractivity (Wildman–Crippen MR) is 248 cm³/mol. The van der Waals surface area contributed by atoms with Gasteiger partial charge in [0.25, 0.3) is 0 Å². The number of benzene rings is 6. The Morgan fingerprint density at radius 3 is 1.22 bits per heavy atom. The summed E-state index contributed by atoms with van der Waals surface area (Å²) in [6, 6.07) is 56.2. The topological polar surface area (TPSA) is 46.2 Å². The molecule has 0 aromatic heterocycles. The molecule has 2 aliphatic rings. The highest BCUT2D eigenvalue weighted by Crippen LogP contribution is 2.55. The van der Waals surface area contributed by atoms with Crippen molar-refractivity contribution in [3.8, 4) is 5.75 Å². The van der Waals surface area contributed by atoms with E-state index in [-0.39, 0.29) is 21.7 Å². The number of rotatable bonds is 11. The molecule has 310 valence electrons. The van der Waals surface area contributed by atoms with Crippen molar-refractivity contribution in [3.63, 3.8) is 0 Å². The molecule has 2 saturated heterocycles. The summed E-state index contributed by atoms with van der Waals surface area (Å²) in [5, 5.41) is 1.11. The van der Waals surface area contributed by atoms with E-state index in [1.54, 1.807) is 0 Å². The molecule has 6 aromatic carbocycles. The molecule has 6 aromatic rings. The van der Waals surface area contributed by atoms with Gasteiger partial charge in [0.2, 0.25) is 8.38 Å². The van der Waals surface area contributed by atoms with Crippen LogP contribution in [0.4, 0.5) is 0 Å². The first-order valence-corrected chi connectivity index (χ1v) is 23.3. The monoisotopic (exact) mass is 836 g/mol. The van der Waals surface area contributed by atoms with Gasteiger partial charge >= 0.3 is 8.60 Å². The molecule has 2 aliphatic heterocycles. The maximum absolute atomic E-state index is 6.74. The van der Waals surface area contributed by atoms with Gasteiger partial charge in [0, 0.05) is 32.5 Å². The second kappa shape index (κ2) is 16.9. The van der Waals surface area contributed by atoms with Crippen LogP contribution in [0.25, 0.3) is 0 Å². The van der Waals surface area contributed by atoms with Gasteiger partial charge in [-0.3, -0.25) is 0 Å². The fraction of sp³-hybridized carbons (Fsp3) is 0.321. The maximum Gasteiger partial charge on any atom is 0.397 e. The Balaban J connectivity index is 1.01. The SMILES string of the molecule is CC(C)(c1ccccc1)c1ccc(OP2OCC3(CO2)COP(c2ccc(C(C)(C)c4ccccc4)cc2C(C)(C)c2ccccc2)OC3)c(C(C)(C)c2ccccc2)c1. The summed E-state index contributed by atoms with van der Waals surface area (Å²) in [6.45, 7) is 20.1. The first kappa shape index (κ1) is 42.5. The lowest BCUT2D eigenvalue weighted by molar-refractivity contribution is -0.0591. The van der Waals surface area contributed by atoms with E-state index in [4.69, 9.17) is 22.6 Å². The molecular weight excluding hydrogens is 779 g/mol. The zero-order valence-electron chi connectivity index (χ0n) is 36.3. The third-order valence-electron chi connectivity index (χ3n) is 13.0. The lowest BCUT2D eigenvalue weighted by Gasteiger charge is -2.43. The van der Waals surface area contributed by atoms with Crippen LogP contribution in [0.15, 0.2) is 158 Å². The van der Waals surface area contributed by atoms with Crippen LogP contribution in [-0.4, -0.2) is 26.4 Å².